The summed E-state index contributed by atoms with van der Waals surface area (Å²) in [6.45, 7) is 4.28. The van der Waals surface area contributed by atoms with Crippen LogP contribution in [0.1, 0.15) is 22.3 Å². The van der Waals surface area contributed by atoms with Crippen LogP contribution < -0.4 is 10.1 Å². The van der Waals surface area contributed by atoms with E-state index in [0.29, 0.717) is 18.2 Å². The second kappa shape index (κ2) is 8.85. The largest absolute Gasteiger partial charge is 0.473 e. The van der Waals surface area contributed by atoms with E-state index in [-0.39, 0.29) is 22.9 Å². The summed E-state index contributed by atoms with van der Waals surface area (Å²) in [4.78, 5) is 16.5. The van der Waals surface area contributed by atoms with Gasteiger partial charge in [-0.25, -0.2) is 9.37 Å². The van der Waals surface area contributed by atoms with E-state index in [1.54, 1.807) is 18.3 Å². The molecule has 3 rings (SSSR count). The van der Waals surface area contributed by atoms with Gasteiger partial charge in [-0.15, -0.1) is 0 Å². The maximum absolute atomic E-state index is 13.8. The highest BCUT2D eigenvalue weighted by Gasteiger charge is 2.12. The van der Waals surface area contributed by atoms with Gasteiger partial charge in [-0.2, -0.15) is 0 Å². The molecule has 0 aliphatic heterocycles. The minimum absolute atomic E-state index is 0.130. The minimum atomic E-state index is -0.490. The van der Waals surface area contributed by atoms with Crippen molar-refractivity contribution in [2.75, 3.05) is 5.32 Å². The molecule has 28 heavy (non-hydrogen) atoms. The van der Waals surface area contributed by atoms with Crippen LogP contribution in [0.25, 0.3) is 0 Å². The fraction of sp³-hybridized carbons (Fsp3) is 0.182. The Bertz CT molecular complexity index is 970. The Morgan fingerprint density at radius 2 is 2.00 bits per heavy atom. The standard InChI is InChI=1S/C22H20ClFN2O2/c1-14-6-9-22(25-12-14)28-13-16-7-8-17(10-15(16)2)26-21(27)11-18-19(23)4-3-5-20(18)24/h3-10,12H,11,13H2,1-2H3,(H,26,27). The van der Waals surface area contributed by atoms with Gasteiger partial charge in [-0.05, 0) is 54.8 Å². The van der Waals surface area contributed by atoms with Gasteiger partial charge in [-0.3, -0.25) is 4.79 Å². The van der Waals surface area contributed by atoms with Crippen molar-refractivity contribution in [2.45, 2.75) is 26.9 Å². The number of carbonyl (C=O) groups excluding carboxylic acids is 1. The van der Waals surface area contributed by atoms with Crippen LogP contribution in [0.15, 0.2) is 54.7 Å². The number of aromatic nitrogens is 1. The molecule has 0 spiro atoms. The monoisotopic (exact) mass is 398 g/mol. The molecule has 0 fully saturated rings. The molecule has 144 valence electrons. The summed E-state index contributed by atoms with van der Waals surface area (Å²) in [5.74, 6) is -0.264. The van der Waals surface area contributed by atoms with Gasteiger partial charge < -0.3 is 10.1 Å². The number of nitrogens with one attached hydrogen (secondary N) is 1. The van der Waals surface area contributed by atoms with Crippen LogP contribution in [0.5, 0.6) is 5.88 Å². The summed E-state index contributed by atoms with van der Waals surface area (Å²) in [6.07, 6.45) is 1.62. The molecule has 0 aliphatic carbocycles. The lowest BCUT2D eigenvalue weighted by Crippen LogP contribution is -2.15. The molecule has 6 heteroatoms. The average molecular weight is 399 g/mol. The Balaban J connectivity index is 1.62. The fourth-order valence-electron chi connectivity index (χ4n) is 2.69. The zero-order valence-corrected chi connectivity index (χ0v) is 16.4. The molecule has 1 heterocycles. The van der Waals surface area contributed by atoms with Crippen LogP contribution in [0.4, 0.5) is 10.1 Å². The number of anilines is 1. The Labute approximate surface area is 168 Å². The Morgan fingerprint density at radius 3 is 2.68 bits per heavy atom. The summed E-state index contributed by atoms with van der Waals surface area (Å²) in [5.41, 5.74) is 3.84. The van der Waals surface area contributed by atoms with Crippen LogP contribution in [0.3, 0.4) is 0 Å². The van der Waals surface area contributed by atoms with Crippen molar-refractivity contribution in [3.63, 3.8) is 0 Å². The predicted octanol–water partition coefficient (Wildman–Crippen LogP) is 5.25. The second-order valence-electron chi connectivity index (χ2n) is 6.53. The first-order valence-electron chi connectivity index (χ1n) is 8.80. The molecule has 4 nitrogen and oxygen atoms in total. The van der Waals surface area contributed by atoms with E-state index in [1.807, 2.05) is 38.1 Å². The molecule has 3 aromatic rings. The summed E-state index contributed by atoms with van der Waals surface area (Å²) >= 11 is 5.98. The van der Waals surface area contributed by atoms with E-state index in [2.05, 4.69) is 10.3 Å². The third-order valence-corrected chi connectivity index (χ3v) is 4.64. The van der Waals surface area contributed by atoms with Crippen LogP contribution in [-0.2, 0) is 17.8 Å². The van der Waals surface area contributed by atoms with Crippen molar-refractivity contribution in [1.82, 2.24) is 4.98 Å². The van der Waals surface area contributed by atoms with Crippen molar-refractivity contribution in [3.05, 3.63) is 87.8 Å². The van der Waals surface area contributed by atoms with Gasteiger partial charge in [0.05, 0.1) is 6.42 Å². The van der Waals surface area contributed by atoms with Crippen molar-refractivity contribution in [1.29, 1.82) is 0 Å². The number of hydrogen-bond acceptors (Lipinski definition) is 3. The lowest BCUT2D eigenvalue weighted by Gasteiger charge is -2.11. The highest BCUT2D eigenvalue weighted by atomic mass is 35.5. The number of aryl methyl sites for hydroxylation is 2. The number of rotatable bonds is 6. The first-order valence-corrected chi connectivity index (χ1v) is 9.18. The normalized spacial score (nSPS) is 10.6. The first kappa shape index (κ1) is 19.8. The minimum Gasteiger partial charge on any atom is -0.473 e. The molecule has 2 aromatic carbocycles. The molecule has 0 unspecified atom stereocenters. The van der Waals surface area contributed by atoms with Crippen molar-refractivity contribution in [2.24, 2.45) is 0 Å². The van der Waals surface area contributed by atoms with E-state index in [9.17, 15) is 9.18 Å². The number of ether oxygens (including phenoxy) is 1. The third kappa shape index (κ3) is 5.08. The van der Waals surface area contributed by atoms with Crippen molar-refractivity contribution < 1.29 is 13.9 Å². The molecule has 0 bridgehead atoms. The molecule has 1 N–H and O–H groups in total. The van der Waals surface area contributed by atoms with Crippen LogP contribution in [-0.4, -0.2) is 10.9 Å². The zero-order valence-electron chi connectivity index (χ0n) is 15.6. The van der Waals surface area contributed by atoms with Gasteiger partial charge in [-0.1, -0.05) is 29.8 Å². The smallest absolute Gasteiger partial charge is 0.228 e. The van der Waals surface area contributed by atoms with Gasteiger partial charge >= 0.3 is 0 Å². The van der Waals surface area contributed by atoms with Gasteiger partial charge in [0.2, 0.25) is 11.8 Å². The van der Waals surface area contributed by atoms with Crippen LogP contribution >= 0.6 is 11.6 Å². The molecule has 0 saturated heterocycles. The molecule has 0 atom stereocenters. The number of benzene rings is 2. The van der Waals surface area contributed by atoms with Gasteiger partial charge in [0.1, 0.15) is 12.4 Å². The van der Waals surface area contributed by atoms with E-state index in [1.165, 1.54) is 12.1 Å². The van der Waals surface area contributed by atoms with E-state index in [4.69, 9.17) is 16.3 Å². The number of hydrogen-bond donors (Lipinski definition) is 1. The van der Waals surface area contributed by atoms with Crippen LogP contribution in [0.2, 0.25) is 5.02 Å². The zero-order chi connectivity index (χ0) is 20.1. The molecular weight excluding hydrogens is 379 g/mol. The summed E-state index contributed by atoms with van der Waals surface area (Å²) in [6, 6.07) is 13.6. The number of pyridine rings is 1. The Hall–Kier alpha value is -2.92. The molecule has 1 aromatic heterocycles. The molecule has 1 amide bonds. The lowest BCUT2D eigenvalue weighted by molar-refractivity contribution is -0.115. The summed E-state index contributed by atoms with van der Waals surface area (Å²) < 4.78 is 19.5. The highest BCUT2D eigenvalue weighted by Crippen LogP contribution is 2.21. The van der Waals surface area contributed by atoms with Crippen molar-refractivity contribution >= 4 is 23.2 Å². The summed E-state index contributed by atoms with van der Waals surface area (Å²) in [7, 11) is 0. The highest BCUT2D eigenvalue weighted by molar-refractivity contribution is 6.31. The first-order chi connectivity index (χ1) is 13.4. The second-order valence-corrected chi connectivity index (χ2v) is 6.94. The summed E-state index contributed by atoms with van der Waals surface area (Å²) in [5, 5.41) is 3.01. The third-order valence-electron chi connectivity index (χ3n) is 4.29. The van der Waals surface area contributed by atoms with Crippen molar-refractivity contribution in [3.8, 4) is 5.88 Å². The molecule has 0 radical (unpaired) electrons. The maximum Gasteiger partial charge on any atom is 0.228 e. The Morgan fingerprint density at radius 1 is 1.18 bits per heavy atom. The topological polar surface area (TPSA) is 51.2 Å². The van der Waals surface area contributed by atoms with Crippen LogP contribution in [0, 0.1) is 19.7 Å². The number of halogens is 2. The van der Waals surface area contributed by atoms with Gasteiger partial charge in [0, 0.05) is 28.5 Å². The Kier molecular flexibility index (Phi) is 6.26. The quantitative estimate of drug-likeness (QED) is 0.616. The molecule has 0 saturated carbocycles. The molecule has 0 aliphatic rings. The van der Waals surface area contributed by atoms with E-state index >= 15 is 0 Å². The number of carbonyl (C=O) groups is 1. The van der Waals surface area contributed by atoms with E-state index < -0.39 is 5.82 Å². The predicted molar refractivity (Wildman–Crippen MR) is 108 cm³/mol. The number of nitrogens with zero attached hydrogens (tertiary/aromatic N) is 1. The molecular formula is C22H20ClFN2O2. The number of amides is 1. The van der Waals surface area contributed by atoms with E-state index in [0.717, 1.165) is 16.7 Å². The maximum atomic E-state index is 13.8. The fourth-order valence-corrected chi connectivity index (χ4v) is 2.92. The average Bonchev–Trinajstić information content (AvgIpc) is 2.65. The van der Waals surface area contributed by atoms with Gasteiger partial charge in [0.25, 0.3) is 0 Å². The SMILES string of the molecule is Cc1ccc(OCc2ccc(NC(=O)Cc3c(F)cccc3Cl)cc2C)nc1. The lowest BCUT2D eigenvalue weighted by atomic mass is 10.1. The van der Waals surface area contributed by atoms with Gasteiger partial charge in [0.15, 0.2) is 0 Å².